The van der Waals surface area contributed by atoms with Crippen LogP contribution in [0.4, 0.5) is 32.0 Å². The first-order valence-corrected chi connectivity index (χ1v) is 18.9. The maximum atomic E-state index is 14.8. The van der Waals surface area contributed by atoms with Crippen molar-refractivity contribution in [2.24, 2.45) is 0 Å². The molecule has 17 heteroatoms. The van der Waals surface area contributed by atoms with Crippen LogP contribution in [0.15, 0.2) is 54.2 Å². The van der Waals surface area contributed by atoms with Gasteiger partial charge in [-0.15, -0.1) is 11.3 Å². The molecule has 5 heterocycles. The Balaban J connectivity index is 1.24. The number of aliphatic hydroxyl groups is 1. The maximum absolute atomic E-state index is 14.8. The number of ether oxygens (including phenoxy) is 2. The summed E-state index contributed by atoms with van der Waals surface area (Å²) in [5, 5.41) is 10.8. The summed E-state index contributed by atoms with van der Waals surface area (Å²) in [4.78, 5) is 38.6. The van der Waals surface area contributed by atoms with Crippen molar-refractivity contribution in [2.45, 2.75) is 69.1 Å². The highest BCUT2D eigenvalue weighted by Crippen LogP contribution is 2.43. The minimum absolute atomic E-state index is 0.00232. The van der Waals surface area contributed by atoms with Gasteiger partial charge in [-0.25, -0.2) is 0 Å². The van der Waals surface area contributed by atoms with Crippen LogP contribution < -0.4 is 14.4 Å². The van der Waals surface area contributed by atoms with Gasteiger partial charge in [-0.1, -0.05) is 19.1 Å². The zero-order chi connectivity index (χ0) is 38.7. The summed E-state index contributed by atoms with van der Waals surface area (Å²) < 4.78 is 95.4. The Morgan fingerprint density at radius 3 is 2.44 bits per heavy atom. The molecular weight excluding hydrogens is 740 g/mol. The van der Waals surface area contributed by atoms with E-state index in [0.717, 1.165) is 48.9 Å². The Labute approximate surface area is 313 Å². The predicted octanol–water partition coefficient (Wildman–Crippen LogP) is 6.20. The molecule has 0 unspecified atom stereocenters. The number of hydrogen-bond donors (Lipinski definition) is 1. The number of aromatic nitrogens is 1. The lowest BCUT2D eigenvalue weighted by molar-refractivity contribution is -0.159. The highest BCUT2D eigenvalue weighted by molar-refractivity contribution is 7.10. The van der Waals surface area contributed by atoms with Gasteiger partial charge in [-0.2, -0.15) is 26.3 Å². The van der Waals surface area contributed by atoms with E-state index in [2.05, 4.69) is 14.8 Å². The Morgan fingerprint density at radius 2 is 1.76 bits per heavy atom. The highest BCUT2D eigenvalue weighted by Gasteiger charge is 2.56. The second kappa shape index (κ2) is 16.3. The van der Waals surface area contributed by atoms with Gasteiger partial charge in [-0.05, 0) is 50.4 Å². The van der Waals surface area contributed by atoms with Crippen molar-refractivity contribution in [1.29, 1.82) is 0 Å². The molecule has 3 aliphatic heterocycles. The number of rotatable bonds is 11. The third-order valence-corrected chi connectivity index (χ3v) is 11.5. The van der Waals surface area contributed by atoms with E-state index >= 15 is 0 Å². The van der Waals surface area contributed by atoms with Crippen LogP contribution in [-0.4, -0.2) is 113 Å². The zero-order valence-corrected chi connectivity index (χ0v) is 30.6. The fourth-order valence-corrected chi connectivity index (χ4v) is 8.59. The number of aliphatic hydroxyl groups excluding tert-OH is 1. The van der Waals surface area contributed by atoms with E-state index in [9.17, 15) is 41.0 Å². The molecule has 6 rings (SSSR count). The molecule has 0 spiro atoms. The Hall–Kier alpha value is -4.09. The molecular formula is C37H43F6N5O5S. The normalized spacial score (nSPS) is 22.8. The molecule has 1 N–H and O–H groups in total. The number of halogens is 6. The van der Waals surface area contributed by atoms with Gasteiger partial charge in [0.1, 0.15) is 23.0 Å². The number of piperidine rings is 1. The summed E-state index contributed by atoms with van der Waals surface area (Å²) in [6, 6.07) is 8.06. The van der Waals surface area contributed by atoms with E-state index in [1.165, 1.54) is 4.90 Å². The fraction of sp³-hybridized carbons (Fsp3) is 0.541. The summed E-state index contributed by atoms with van der Waals surface area (Å²) in [6.45, 7) is 4.90. The van der Waals surface area contributed by atoms with E-state index in [4.69, 9.17) is 9.47 Å². The number of carbonyl (C=O) groups excluding carboxylic acids is 2. The Kier molecular flexibility index (Phi) is 12.0. The lowest BCUT2D eigenvalue weighted by Gasteiger charge is -2.50. The predicted molar refractivity (Wildman–Crippen MR) is 189 cm³/mol. The van der Waals surface area contributed by atoms with Crippen LogP contribution in [0.1, 0.15) is 59.8 Å². The lowest BCUT2D eigenvalue weighted by atomic mass is 9.80. The van der Waals surface area contributed by atoms with Gasteiger partial charge in [0.15, 0.2) is 0 Å². The molecule has 3 aliphatic rings. The second-order valence-electron chi connectivity index (χ2n) is 13.7. The van der Waals surface area contributed by atoms with Crippen molar-refractivity contribution >= 4 is 28.8 Å². The van der Waals surface area contributed by atoms with Crippen LogP contribution in [0, 0.1) is 0 Å². The number of piperazine rings is 1. The quantitative estimate of drug-likeness (QED) is 0.230. The van der Waals surface area contributed by atoms with Crippen molar-refractivity contribution < 1.29 is 50.5 Å². The number of benzene rings is 1. The van der Waals surface area contributed by atoms with Crippen LogP contribution in [0.5, 0.6) is 11.5 Å². The molecule has 2 aromatic heterocycles. The standard InChI is InChI=1S/C37H43F6N5O5S/c1-2-31-35(53-26-21-32(54-24-26)37(41,42)43,11-6-14-48(31)33(50)27-22-44-12-10-28(27)36(38,39)40)34(51)47-17-15-46(16-18-47)29-8-3-4-9-30(29)52-20-19-45-13-5-7-25(45)23-49/h3-4,8-10,12,21-22,24-25,31,49H,2,5-7,11,13-20,23H2,1H3/t25-,31+,35-/m0/s1. The molecule has 294 valence electrons. The number of anilines is 1. The molecule has 0 aliphatic carbocycles. The van der Waals surface area contributed by atoms with E-state index in [1.54, 1.807) is 11.8 Å². The van der Waals surface area contributed by atoms with E-state index in [0.29, 0.717) is 49.4 Å². The van der Waals surface area contributed by atoms with Gasteiger partial charge in [0.2, 0.25) is 5.60 Å². The van der Waals surface area contributed by atoms with Gasteiger partial charge < -0.3 is 29.3 Å². The van der Waals surface area contributed by atoms with Gasteiger partial charge in [0.25, 0.3) is 11.8 Å². The Morgan fingerprint density at radius 1 is 1.00 bits per heavy atom. The largest absolute Gasteiger partial charge is 0.490 e. The SMILES string of the molecule is CC[C@H]1N(C(=O)c2cnccc2C(F)(F)F)CCC[C@@]1(Oc1csc(C(F)(F)F)c1)C(=O)N1CCN(c2ccccc2OCCN2CCC[C@H]2CO)CC1. The van der Waals surface area contributed by atoms with Crippen LogP contribution in [0.2, 0.25) is 0 Å². The number of nitrogens with zero attached hydrogens (tertiary/aromatic N) is 5. The summed E-state index contributed by atoms with van der Waals surface area (Å²) in [6.07, 6.45) is -5.55. The minimum atomic E-state index is -4.86. The maximum Gasteiger partial charge on any atom is 0.425 e. The van der Waals surface area contributed by atoms with Gasteiger partial charge in [0.05, 0.1) is 29.5 Å². The number of pyridine rings is 1. The lowest BCUT2D eigenvalue weighted by Crippen LogP contribution is -2.69. The van der Waals surface area contributed by atoms with Crippen LogP contribution >= 0.6 is 11.3 Å². The molecule has 0 saturated carbocycles. The highest BCUT2D eigenvalue weighted by atomic mass is 32.1. The molecule has 3 fully saturated rings. The summed E-state index contributed by atoms with van der Waals surface area (Å²) in [7, 11) is 0. The number of carbonyl (C=O) groups is 2. The summed E-state index contributed by atoms with van der Waals surface area (Å²) in [5.74, 6) is -1.10. The average molecular weight is 784 g/mol. The van der Waals surface area contributed by atoms with Crippen molar-refractivity contribution in [3.05, 3.63) is 70.2 Å². The number of amides is 2. The van der Waals surface area contributed by atoms with Crippen LogP contribution in [0.3, 0.4) is 0 Å². The molecule has 1 aromatic carbocycles. The van der Waals surface area contributed by atoms with E-state index in [1.807, 2.05) is 24.3 Å². The molecule has 2 amide bonds. The number of para-hydroxylation sites is 2. The van der Waals surface area contributed by atoms with E-state index < -0.39 is 51.8 Å². The number of likely N-dealkylation sites (tertiary alicyclic amines) is 2. The number of hydrogen-bond acceptors (Lipinski definition) is 9. The second-order valence-corrected chi connectivity index (χ2v) is 14.6. The smallest absolute Gasteiger partial charge is 0.425 e. The van der Waals surface area contributed by atoms with Crippen molar-refractivity contribution in [1.82, 2.24) is 19.7 Å². The number of alkyl halides is 6. The molecule has 3 atom stereocenters. The third kappa shape index (κ3) is 8.27. The number of thiophene rings is 1. The zero-order valence-electron chi connectivity index (χ0n) is 29.7. The van der Waals surface area contributed by atoms with Crippen molar-refractivity contribution in [2.75, 3.05) is 63.9 Å². The molecule has 10 nitrogen and oxygen atoms in total. The molecule has 3 saturated heterocycles. The first-order valence-electron chi connectivity index (χ1n) is 18.0. The van der Waals surface area contributed by atoms with E-state index in [-0.39, 0.29) is 57.3 Å². The molecule has 0 bridgehead atoms. The molecule has 3 aromatic rings. The van der Waals surface area contributed by atoms with Crippen LogP contribution in [-0.2, 0) is 17.1 Å². The first-order chi connectivity index (χ1) is 25.8. The fourth-order valence-electron chi connectivity index (χ4n) is 7.92. The van der Waals surface area contributed by atoms with Crippen molar-refractivity contribution in [3.63, 3.8) is 0 Å². The molecule has 0 radical (unpaired) electrons. The minimum Gasteiger partial charge on any atom is -0.490 e. The summed E-state index contributed by atoms with van der Waals surface area (Å²) in [5.41, 5.74) is -2.94. The third-order valence-electron chi connectivity index (χ3n) is 10.5. The average Bonchev–Trinajstić information content (AvgIpc) is 3.84. The Bertz CT molecular complexity index is 1770. The van der Waals surface area contributed by atoms with Gasteiger partial charge in [0, 0.05) is 75.6 Å². The van der Waals surface area contributed by atoms with Gasteiger partial charge >= 0.3 is 12.4 Å². The monoisotopic (exact) mass is 783 g/mol. The molecule has 54 heavy (non-hydrogen) atoms. The topological polar surface area (TPSA) is 98.7 Å². The summed E-state index contributed by atoms with van der Waals surface area (Å²) >= 11 is 0.400. The van der Waals surface area contributed by atoms with Crippen molar-refractivity contribution in [3.8, 4) is 11.5 Å². The first kappa shape index (κ1) is 39.6. The van der Waals surface area contributed by atoms with Gasteiger partial charge in [-0.3, -0.25) is 19.5 Å². The van der Waals surface area contributed by atoms with Crippen LogP contribution in [0.25, 0.3) is 0 Å².